The predicted molar refractivity (Wildman–Crippen MR) is 185 cm³/mol. The number of H-pyrrole nitrogens is 1. The number of halogens is 1. The van der Waals surface area contributed by atoms with Crippen LogP contribution in [0.4, 0.5) is 15.8 Å². The Bertz CT molecular complexity index is 1990. The number of pyridine rings is 1. The standard InChI is InChI=1S/C37H38FN9O2/c1-2-11-37(36(49)42-27-5-8-32-31(16-27)34(44-43-32)24-9-13-39-14-10-24)12-15-45(23-37)22-33(48)47-21-29-17-30(47)20-46(29)28-6-3-25(4-7-28)35-40-18-26(38)19-41-35/h3-10,13-14,16,18-19,29-30H,2,11-12,15,17,20-23H2,1H3,(H,42,49)(H,43,44)/t29-,30-,37?/m1/s1. The zero-order chi connectivity index (χ0) is 33.5. The molecule has 1 unspecified atom stereocenters. The number of piperazine rings is 1. The second kappa shape index (κ2) is 12.7. The Morgan fingerprint density at radius 2 is 1.80 bits per heavy atom. The SMILES string of the molecule is CCCC1(C(=O)Nc2ccc3[nH]nc(-c4ccncc4)c3c2)CCN(CC(=O)N2C[C@H]3C[C@@H]2CN3c2ccc(-c3ncc(F)cn3)cc2)C1. The van der Waals surface area contributed by atoms with Gasteiger partial charge in [-0.2, -0.15) is 5.10 Å². The van der Waals surface area contributed by atoms with Crippen molar-refractivity contribution in [3.8, 4) is 22.6 Å². The molecule has 250 valence electrons. The number of aromatic amines is 1. The maximum absolute atomic E-state index is 13.9. The van der Waals surface area contributed by atoms with Gasteiger partial charge in [0.25, 0.3) is 0 Å². The van der Waals surface area contributed by atoms with Gasteiger partial charge in [-0.3, -0.25) is 24.6 Å². The third kappa shape index (κ3) is 5.90. The summed E-state index contributed by atoms with van der Waals surface area (Å²) in [4.78, 5) is 46.4. The quantitative estimate of drug-likeness (QED) is 0.223. The van der Waals surface area contributed by atoms with Gasteiger partial charge >= 0.3 is 0 Å². The van der Waals surface area contributed by atoms with Gasteiger partial charge in [0, 0.05) is 66.0 Å². The molecule has 2 bridgehead atoms. The molecule has 3 aliphatic heterocycles. The number of nitrogens with one attached hydrogen (secondary N) is 2. The minimum atomic E-state index is -0.555. The second-order valence-corrected chi connectivity index (χ2v) is 13.5. The van der Waals surface area contributed by atoms with E-state index in [0.29, 0.717) is 32.0 Å². The van der Waals surface area contributed by atoms with Crippen molar-refractivity contribution in [2.75, 3.05) is 42.9 Å². The van der Waals surface area contributed by atoms with Crippen molar-refractivity contribution >= 4 is 34.1 Å². The molecule has 0 radical (unpaired) electrons. The Morgan fingerprint density at radius 1 is 1.00 bits per heavy atom. The number of fused-ring (bicyclic) bond motifs is 3. The Hall–Kier alpha value is -5.23. The minimum absolute atomic E-state index is 0.00508. The van der Waals surface area contributed by atoms with Crippen LogP contribution in [0.3, 0.4) is 0 Å². The average Bonchev–Trinajstić information content (AvgIpc) is 3.93. The fraction of sp³-hybridized carbons (Fsp3) is 0.351. The van der Waals surface area contributed by atoms with Gasteiger partial charge in [-0.15, -0.1) is 0 Å². The van der Waals surface area contributed by atoms with Crippen LogP contribution in [0.15, 0.2) is 79.4 Å². The Kier molecular flexibility index (Phi) is 8.03. The summed E-state index contributed by atoms with van der Waals surface area (Å²) in [5.41, 5.74) is 4.77. The molecule has 6 heterocycles. The molecule has 0 saturated carbocycles. The first-order chi connectivity index (χ1) is 23.9. The van der Waals surface area contributed by atoms with Crippen LogP contribution in [0.2, 0.25) is 0 Å². The number of hydrogen-bond acceptors (Lipinski definition) is 8. The van der Waals surface area contributed by atoms with Crippen molar-refractivity contribution in [2.24, 2.45) is 5.41 Å². The number of carbonyl (C=O) groups excluding carboxylic acids is 2. The number of benzene rings is 2. The van der Waals surface area contributed by atoms with E-state index in [1.807, 2.05) is 59.5 Å². The van der Waals surface area contributed by atoms with Crippen molar-refractivity contribution in [3.63, 3.8) is 0 Å². The monoisotopic (exact) mass is 659 g/mol. The largest absolute Gasteiger partial charge is 0.365 e. The second-order valence-electron chi connectivity index (χ2n) is 13.5. The smallest absolute Gasteiger partial charge is 0.237 e. The van der Waals surface area contributed by atoms with E-state index < -0.39 is 11.2 Å². The molecule has 3 saturated heterocycles. The van der Waals surface area contributed by atoms with Crippen LogP contribution in [-0.4, -0.2) is 91.6 Å². The number of amides is 2. The molecule has 2 amide bonds. The molecule has 8 rings (SSSR count). The van der Waals surface area contributed by atoms with E-state index >= 15 is 0 Å². The van der Waals surface area contributed by atoms with Crippen LogP contribution >= 0.6 is 0 Å². The van der Waals surface area contributed by atoms with Crippen LogP contribution < -0.4 is 10.2 Å². The van der Waals surface area contributed by atoms with Crippen molar-refractivity contribution in [1.82, 2.24) is 34.9 Å². The maximum atomic E-state index is 13.9. The highest BCUT2D eigenvalue weighted by Gasteiger charge is 2.48. The highest BCUT2D eigenvalue weighted by molar-refractivity contribution is 6.00. The molecular formula is C37H38FN9O2. The summed E-state index contributed by atoms with van der Waals surface area (Å²) < 4.78 is 13.2. The molecule has 0 aliphatic carbocycles. The first-order valence-electron chi connectivity index (χ1n) is 17.0. The lowest BCUT2D eigenvalue weighted by Crippen LogP contribution is -2.51. The lowest BCUT2D eigenvalue weighted by atomic mass is 9.81. The van der Waals surface area contributed by atoms with Crippen LogP contribution in [-0.2, 0) is 9.59 Å². The zero-order valence-corrected chi connectivity index (χ0v) is 27.3. The number of aromatic nitrogens is 5. The van der Waals surface area contributed by atoms with Crippen LogP contribution in [0.25, 0.3) is 33.5 Å². The van der Waals surface area contributed by atoms with E-state index in [2.05, 4.69) is 47.2 Å². The highest BCUT2D eigenvalue weighted by atomic mass is 19.1. The van der Waals surface area contributed by atoms with Gasteiger partial charge in [0.2, 0.25) is 11.8 Å². The molecule has 49 heavy (non-hydrogen) atoms. The number of nitrogens with zero attached hydrogens (tertiary/aromatic N) is 7. The van der Waals surface area contributed by atoms with E-state index in [1.54, 1.807) is 12.4 Å². The van der Waals surface area contributed by atoms with Crippen molar-refractivity contribution in [2.45, 2.75) is 44.7 Å². The summed E-state index contributed by atoms with van der Waals surface area (Å²) in [5, 5.41) is 11.7. The average molecular weight is 660 g/mol. The molecule has 2 N–H and O–H groups in total. The summed E-state index contributed by atoms with van der Waals surface area (Å²) >= 11 is 0. The van der Waals surface area contributed by atoms with Gasteiger partial charge in [-0.1, -0.05) is 13.3 Å². The molecule has 3 atom stereocenters. The van der Waals surface area contributed by atoms with Gasteiger partial charge in [0.05, 0.1) is 35.9 Å². The molecule has 12 heteroatoms. The summed E-state index contributed by atoms with van der Waals surface area (Å²) in [6, 6.07) is 18.1. The molecule has 3 aliphatic rings. The Morgan fingerprint density at radius 3 is 2.53 bits per heavy atom. The fourth-order valence-corrected chi connectivity index (χ4v) is 7.99. The molecule has 3 fully saturated rings. The van der Waals surface area contributed by atoms with Crippen LogP contribution in [0, 0.1) is 11.2 Å². The molecule has 3 aromatic heterocycles. The van der Waals surface area contributed by atoms with E-state index in [9.17, 15) is 14.0 Å². The zero-order valence-electron chi connectivity index (χ0n) is 27.3. The predicted octanol–water partition coefficient (Wildman–Crippen LogP) is 5.14. The van der Waals surface area contributed by atoms with Crippen molar-refractivity contribution < 1.29 is 14.0 Å². The topological polar surface area (TPSA) is 123 Å². The summed E-state index contributed by atoms with van der Waals surface area (Å²) in [6.07, 6.45) is 9.13. The van der Waals surface area contributed by atoms with Crippen molar-refractivity contribution in [1.29, 1.82) is 0 Å². The summed E-state index contributed by atoms with van der Waals surface area (Å²) in [7, 11) is 0. The van der Waals surface area contributed by atoms with E-state index in [1.165, 1.54) is 12.4 Å². The number of likely N-dealkylation sites (tertiary alicyclic amines) is 2. The summed E-state index contributed by atoms with van der Waals surface area (Å²) in [5.74, 6) is 0.170. The first-order valence-corrected chi connectivity index (χ1v) is 17.0. The van der Waals surface area contributed by atoms with Gasteiger partial charge in [0.15, 0.2) is 11.6 Å². The molecule has 0 spiro atoms. The fourth-order valence-electron chi connectivity index (χ4n) is 7.99. The third-order valence-corrected chi connectivity index (χ3v) is 10.4. The number of rotatable bonds is 9. The normalized spacial score (nSPS) is 21.9. The number of hydrogen-bond donors (Lipinski definition) is 2. The van der Waals surface area contributed by atoms with Gasteiger partial charge in [-0.25, -0.2) is 14.4 Å². The highest BCUT2D eigenvalue weighted by Crippen LogP contribution is 2.39. The molecule has 2 aromatic carbocycles. The lowest BCUT2D eigenvalue weighted by molar-refractivity contribution is -0.134. The van der Waals surface area contributed by atoms with E-state index in [-0.39, 0.29) is 23.9 Å². The minimum Gasteiger partial charge on any atom is -0.365 e. The number of carbonyl (C=O) groups is 2. The molecule has 5 aromatic rings. The van der Waals surface area contributed by atoms with Crippen LogP contribution in [0.5, 0.6) is 0 Å². The summed E-state index contributed by atoms with van der Waals surface area (Å²) in [6.45, 7) is 5.19. The van der Waals surface area contributed by atoms with Gasteiger partial charge in [-0.05, 0) is 80.4 Å². The lowest BCUT2D eigenvalue weighted by Gasteiger charge is -2.36. The first kappa shape index (κ1) is 31.1. The Labute approximate surface area is 283 Å². The van der Waals surface area contributed by atoms with Crippen LogP contribution in [0.1, 0.15) is 32.6 Å². The molecule has 11 nitrogen and oxygen atoms in total. The maximum Gasteiger partial charge on any atom is 0.237 e. The van der Waals surface area contributed by atoms with E-state index in [0.717, 1.165) is 71.3 Å². The Balaban J connectivity index is 0.891. The molecular weight excluding hydrogens is 621 g/mol. The van der Waals surface area contributed by atoms with Gasteiger partial charge < -0.3 is 15.1 Å². The third-order valence-electron chi connectivity index (χ3n) is 10.4. The number of anilines is 2. The van der Waals surface area contributed by atoms with Gasteiger partial charge in [0.1, 0.15) is 5.69 Å². The van der Waals surface area contributed by atoms with Crippen molar-refractivity contribution in [3.05, 3.63) is 85.2 Å². The van der Waals surface area contributed by atoms with E-state index in [4.69, 9.17) is 0 Å².